The fourth-order valence-electron chi connectivity index (χ4n) is 1.75. The summed E-state index contributed by atoms with van der Waals surface area (Å²) in [6, 6.07) is 4.45. The molecule has 1 unspecified atom stereocenters. The SMILES string of the molecule is Cc1ccc(NC(=O)CC2SC(N=C(N)N)=NC2=O)c(F)c1. The van der Waals surface area contributed by atoms with Gasteiger partial charge in [0.15, 0.2) is 11.1 Å². The van der Waals surface area contributed by atoms with E-state index in [0.717, 1.165) is 17.3 Å². The van der Waals surface area contributed by atoms with Crippen molar-refractivity contribution in [3.63, 3.8) is 0 Å². The van der Waals surface area contributed by atoms with Gasteiger partial charge in [0.05, 0.1) is 5.69 Å². The molecule has 0 bridgehead atoms. The van der Waals surface area contributed by atoms with Gasteiger partial charge in [0, 0.05) is 6.42 Å². The molecule has 0 radical (unpaired) electrons. The first-order chi connectivity index (χ1) is 10.3. The minimum atomic E-state index is -0.716. The van der Waals surface area contributed by atoms with Gasteiger partial charge in [-0.05, 0) is 24.6 Å². The van der Waals surface area contributed by atoms with Crippen LogP contribution in [0.15, 0.2) is 28.2 Å². The normalized spacial score (nSPS) is 17.1. The Morgan fingerprint density at radius 2 is 2.23 bits per heavy atom. The molecule has 5 N–H and O–H groups in total. The molecule has 0 saturated heterocycles. The number of hydrogen-bond acceptors (Lipinski definition) is 4. The Balaban J connectivity index is 1.96. The van der Waals surface area contributed by atoms with Crippen LogP contribution in [0.1, 0.15) is 12.0 Å². The number of amidine groups is 1. The van der Waals surface area contributed by atoms with Crippen molar-refractivity contribution in [2.45, 2.75) is 18.6 Å². The average molecular weight is 323 g/mol. The smallest absolute Gasteiger partial charge is 0.262 e. The maximum absolute atomic E-state index is 13.7. The number of carbonyl (C=O) groups excluding carboxylic acids is 2. The van der Waals surface area contributed by atoms with Crippen LogP contribution in [-0.4, -0.2) is 28.2 Å². The quantitative estimate of drug-likeness (QED) is 0.559. The number of aryl methyl sites for hydroxylation is 1. The highest BCUT2D eigenvalue weighted by Gasteiger charge is 2.30. The lowest BCUT2D eigenvalue weighted by atomic mass is 10.2. The summed E-state index contributed by atoms with van der Waals surface area (Å²) in [4.78, 5) is 30.9. The molecule has 1 atom stereocenters. The maximum Gasteiger partial charge on any atom is 0.262 e. The van der Waals surface area contributed by atoms with Crippen LogP contribution in [0.4, 0.5) is 10.1 Å². The van der Waals surface area contributed by atoms with Crippen molar-refractivity contribution in [3.8, 4) is 0 Å². The number of nitrogens with two attached hydrogens (primary N) is 2. The number of anilines is 1. The van der Waals surface area contributed by atoms with E-state index in [1.807, 2.05) is 0 Å². The maximum atomic E-state index is 13.7. The molecule has 22 heavy (non-hydrogen) atoms. The van der Waals surface area contributed by atoms with Crippen LogP contribution in [0.5, 0.6) is 0 Å². The van der Waals surface area contributed by atoms with Crippen LogP contribution in [-0.2, 0) is 9.59 Å². The minimum absolute atomic E-state index is 0.0661. The molecule has 1 aromatic rings. The second kappa shape index (κ2) is 6.56. The van der Waals surface area contributed by atoms with E-state index in [1.165, 1.54) is 12.1 Å². The zero-order valence-corrected chi connectivity index (χ0v) is 12.5. The number of rotatable bonds is 3. The third-order valence-corrected chi connectivity index (χ3v) is 3.77. The molecule has 1 aliphatic rings. The highest BCUT2D eigenvalue weighted by molar-refractivity contribution is 8.15. The summed E-state index contributed by atoms with van der Waals surface area (Å²) in [7, 11) is 0. The Hall–Kier alpha value is -2.42. The number of halogens is 1. The second-order valence-corrected chi connectivity index (χ2v) is 5.78. The Morgan fingerprint density at radius 3 is 2.86 bits per heavy atom. The molecule has 0 fully saturated rings. The van der Waals surface area contributed by atoms with Crippen molar-refractivity contribution in [2.75, 3.05) is 5.32 Å². The Bertz CT molecular complexity index is 685. The van der Waals surface area contributed by atoms with Gasteiger partial charge in [-0.1, -0.05) is 17.8 Å². The van der Waals surface area contributed by atoms with Crippen LogP contribution in [0.2, 0.25) is 0 Å². The molecule has 0 spiro atoms. The van der Waals surface area contributed by atoms with E-state index in [2.05, 4.69) is 15.3 Å². The molecule has 0 aliphatic carbocycles. The van der Waals surface area contributed by atoms with E-state index in [4.69, 9.17) is 11.5 Å². The highest BCUT2D eigenvalue weighted by atomic mass is 32.2. The lowest BCUT2D eigenvalue weighted by Gasteiger charge is -2.09. The predicted molar refractivity (Wildman–Crippen MR) is 84.0 cm³/mol. The van der Waals surface area contributed by atoms with Crippen LogP contribution < -0.4 is 16.8 Å². The van der Waals surface area contributed by atoms with Gasteiger partial charge in [0.1, 0.15) is 11.1 Å². The van der Waals surface area contributed by atoms with E-state index in [0.29, 0.717) is 0 Å². The standard InChI is InChI=1S/C13H14FN5O2S/c1-6-2-3-8(7(14)4-6)17-10(20)5-9-11(21)18-13(22-9)19-12(15)16/h2-4,9H,5H2,1H3,(H,17,20)(H4,15,16,18,19,21). The number of hydrogen-bond donors (Lipinski definition) is 3. The predicted octanol–water partition coefficient (Wildman–Crippen LogP) is 0.734. The summed E-state index contributed by atoms with van der Waals surface area (Å²) >= 11 is 0.991. The molecule has 1 aromatic carbocycles. The van der Waals surface area contributed by atoms with Crippen molar-refractivity contribution in [2.24, 2.45) is 21.5 Å². The summed E-state index contributed by atoms with van der Waals surface area (Å²) in [5.41, 5.74) is 11.2. The van der Waals surface area contributed by atoms with Crippen LogP contribution in [0.3, 0.4) is 0 Å². The van der Waals surface area contributed by atoms with Gasteiger partial charge in [0.25, 0.3) is 5.91 Å². The molecule has 1 aliphatic heterocycles. The van der Waals surface area contributed by atoms with Gasteiger partial charge in [-0.25, -0.2) is 4.39 Å². The second-order valence-electron chi connectivity index (χ2n) is 4.61. The summed E-state index contributed by atoms with van der Waals surface area (Å²) in [6.45, 7) is 1.74. The first-order valence-corrected chi connectivity index (χ1v) is 7.18. The van der Waals surface area contributed by atoms with Crippen molar-refractivity contribution in [1.29, 1.82) is 0 Å². The van der Waals surface area contributed by atoms with Gasteiger partial charge in [-0.3, -0.25) is 9.59 Å². The molecule has 9 heteroatoms. The van der Waals surface area contributed by atoms with Gasteiger partial charge >= 0.3 is 0 Å². The third-order valence-electron chi connectivity index (χ3n) is 2.72. The molecule has 2 rings (SSSR count). The Kier molecular flexibility index (Phi) is 4.76. The van der Waals surface area contributed by atoms with Crippen molar-refractivity contribution >= 4 is 40.4 Å². The minimum Gasteiger partial charge on any atom is -0.370 e. The number of amides is 2. The number of nitrogens with one attached hydrogen (secondary N) is 1. The highest BCUT2D eigenvalue weighted by Crippen LogP contribution is 2.26. The van der Waals surface area contributed by atoms with E-state index in [-0.39, 0.29) is 23.2 Å². The third kappa shape index (κ3) is 4.04. The summed E-state index contributed by atoms with van der Waals surface area (Å²) in [5, 5.41) is 1.82. The molecule has 1 heterocycles. The topological polar surface area (TPSA) is 123 Å². The largest absolute Gasteiger partial charge is 0.370 e. The van der Waals surface area contributed by atoms with E-state index in [1.54, 1.807) is 13.0 Å². The number of benzene rings is 1. The molecular formula is C13H14FN5O2S. The molecular weight excluding hydrogens is 309 g/mol. The van der Waals surface area contributed by atoms with E-state index < -0.39 is 22.9 Å². The van der Waals surface area contributed by atoms with Gasteiger partial charge in [-0.15, -0.1) is 0 Å². The molecule has 0 aromatic heterocycles. The fourth-order valence-corrected chi connectivity index (χ4v) is 2.70. The van der Waals surface area contributed by atoms with Gasteiger partial charge < -0.3 is 16.8 Å². The van der Waals surface area contributed by atoms with Gasteiger partial charge in [0.2, 0.25) is 5.91 Å². The molecule has 0 saturated carbocycles. The van der Waals surface area contributed by atoms with Crippen LogP contribution in [0.25, 0.3) is 0 Å². The van der Waals surface area contributed by atoms with Crippen molar-refractivity contribution in [1.82, 2.24) is 0 Å². The Morgan fingerprint density at radius 1 is 1.50 bits per heavy atom. The number of nitrogens with zero attached hydrogens (tertiary/aromatic N) is 2. The fraction of sp³-hybridized carbons (Fsp3) is 0.231. The Labute approximate surface area is 130 Å². The lowest BCUT2D eigenvalue weighted by molar-refractivity contribution is -0.121. The summed E-state index contributed by atoms with van der Waals surface area (Å²) in [6.07, 6.45) is -0.149. The first kappa shape index (κ1) is 16.0. The van der Waals surface area contributed by atoms with Crippen LogP contribution >= 0.6 is 11.8 Å². The monoisotopic (exact) mass is 323 g/mol. The van der Waals surface area contributed by atoms with Crippen molar-refractivity contribution < 1.29 is 14.0 Å². The zero-order valence-electron chi connectivity index (χ0n) is 11.7. The summed E-state index contributed by atoms with van der Waals surface area (Å²) in [5.74, 6) is -1.73. The molecule has 7 nitrogen and oxygen atoms in total. The summed E-state index contributed by atoms with van der Waals surface area (Å²) < 4.78 is 13.7. The number of carbonyl (C=O) groups is 2. The number of aliphatic imine (C=N–C) groups is 2. The number of thioether (sulfide) groups is 1. The first-order valence-electron chi connectivity index (χ1n) is 6.30. The van der Waals surface area contributed by atoms with Crippen molar-refractivity contribution in [3.05, 3.63) is 29.6 Å². The number of guanidine groups is 1. The molecule has 2 amide bonds. The zero-order chi connectivity index (χ0) is 16.3. The van der Waals surface area contributed by atoms with Gasteiger partial charge in [-0.2, -0.15) is 9.98 Å². The average Bonchev–Trinajstić information content (AvgIpc) is 2.72. The lowest BCUT2D eigenvalue weighted by Crippen LogP contribution is -2.23. The van der Waals surface area contributed by atoms with Crippen LogP contribution in [0, 0.1) is 12.7 Å². The van der Waals surface area contributed by atoms with E-state index >= 15 is 0 Å². The van der Waals surface area contributed by atoms with E-state index in [9.17, 15) is 14.0 Å². The molecule has 116 valence electrons.